The van der Waals surface area contributed by atoms with Gasteiger partial charge in [0.2, 0.25) is 0 Å². The van der Waals surface area contributed by atoms with Crippen LogP contribution in [0.25, 0.3) is 0 Å². The van der Waals surface area contributed by atoms with Crippen LogP contribution in [0.3, 0.4) is 0 Å². The van der Waals surface area contributed by atoms with Crippen molar-refractivity contribution in [3.63, 3.8) is 0 Å². The van der Waals surface area contributed by atoms with Crippen LogP contribution in [0.15, 0.2) is 29.2 Å². The van der Waals surface area contributed by atoms with Crippen LogP contribution >= 0.6 is 11.8 Å². The average molecular weight is 304 g/mol. The molecule has 0 bridgehead atoms. The first-order valence-electron chi connectivity index (χ1n) is 8.10. The van der Waals surface area contributed by atoms with Crippen molar-refractivity contribution >= 4 is 17.7 Å². The number of carbonyl (C=O) groups is 1. The van der Waals surface area contributed by atoms with E-state index in [9.17, 15) is 9.90 Å². The van der Waals surface area contributed by atoms with Crippen LogP contribution < -0.4 is 0 Å². The van der Waals surface area contributed by atoms with Gasteiger partial charge in [0.05, 0.1) is 5.41 Å². The Hall–Kier alpha value is -0.960. The van der Waals surface area contributed by atoms with Gasteiger partial charge < -0.3 is 5.11 Å². The number of benzene rings is 1. The predicted octanol–water partition coefficient (Wildman–Crippen LogP) is 4.94. The van der Waals surface area contributed by atoms with Gasteiger partial charge in [-0.05, 0) is 55.6 Å². The minimum atomic E-state index is -0.563. The van der Waals surface area contributed by atoms with Crippen molar-refractivity contribution in [2.24, 2.45) is 11.3 Å². The average Bonchev–Trinajstić information content (AvgIpc) is 2.91. The molecule has 1 aromatic carbocycles. The van der Waals surface area contributed by atoms with Crippen molar-refractivity contribution in [3.8, 4) is 0 Å². The Bertz CT molecular complexity index is 518. The molecule has 0 saturated heterocycles. The normalized spacial score (nSPS) is 31.9. The molecular formula is C18H24O2S. The molecule has 114 valence electrons. The molecule has 0 amide bonds. The fraction of sp³-hybridized carbons (Fsp3) is 0.611. The number of hydrogen-bond donors (Lipinski definition) is 1. The number of fused-ring (bicyclic) bond motifs is 1. The molecule has 2 nitrogen and oxygen atoms in total. The molecule has 1 heterocycles. The van der Waals surface area contributed by atoms with Crippen LogP contribution in [-0.2, 0) is 4.79 Å². The molecule has 1 N–H and O–H groups in total. The van der Waals surface area contributed by atoms with E-state index in [0.717, 1.165) is 43.8 Å². The van der Waals surface area contributed by atoms with Crippen LogP contribution in [0.2, 0.25) is 0 Å². The molecule has 1 saturated carbocycles. The van der Waals surface area contributed by atoms with E-state index in [-0.39, 0.29) is 0 Å². The number of aliphatic carboxylic acids is 1. The first-order valence-corrected chi connectivity index (χ1v) is 9.08. The summed E-state index contributed by atoms with van der Waals surface area (Å²) < 4.78 is 0. The maximum Gasteiger partial charge on any atom is 0.309 e. The molecule has 1 atom stereocenters. The molecular weight excluding hydrogens is 280 g/mol. The topological polar surface area (TPSA) is 37.3 Å². The second-order valence-corrected chi connectivity index (χ2v) is 7.75. The van der Waals surface area contributed by atoms with Crippen molar-refractivity contribution in [3.05, 3.63) is 29.8 Å². The number of rotatable bonds is 4. The lowest BCUT2D eigenvalue weighted by molar-refractivity contribution is -0.152. The lowest BCUT2D eigenvalue weighted by atomic mass is 9.65. The van der Waals surface area contributed by atoms with Gasteiger partial charge in [-0.3, -0.25) is 4.79 Å². The molecule has 1 fully saturated rings. The van der Waals surface area contributed by atoms with Crippen LogP contribution in [0, 0.1) is 11.3 Å². The Morgan fingerprint density at radius 3 is 2.71 bits per heavy atom. The molecule has 1 unspecified atom stereocenters. The fourth-order valence-electron chi connectivity index (χ4n) is 4.01. The predicted molar refractivity (Wildman–Crippen MR) is 86.8 cm³/mol. The summed E-state index contributed by atoms with van der Waals surface area (Å²) in [6.45, 7) is 2.22. The molecule has 1 aliphatic carbocycles. The molecule has 1 aliphatic heterocycles. The van der Waals surface area contributed by atoms with Gasteiger partial charge >= 0.3 is 5.97 Å². The highest BCUT2D eigenvalue weighted by atomic mass is 32.2. The Morgan fingerprint density at radius 1 is 1.33 bits per heavy atom. The van der Waals surface area contributed by atoms with Gasteiger partial charge in [-0.2, -0.15) is 0 Å². The lowest BCUT2D eigenvalue weighted by Crippen LogP contribution is -2.37. The van der Waals surface area contributed by atoms with Crippen LogP contribution in [0.4, 0.5) is 0 Å². The van der Waals surface area contributed by atoms with Crippen molar-refractivity contribution in [2.75, 3.05) is 5.75 Å². The zero-order valence-corrected chi connectivity index (χ0v) is 13.5. The number of carboxylic acids is 1. The third-order valence-electron chi connectivity index (χ3n) is 5.53. The van der Waals surface area contributed by atoms with Crippen molar-refractivity contribution < 1.29 is 9.90 Å². The van der Waals surface area contributed by atoms with E-state index in [1.165, 1.54) is 16.9 Å². The molecule has 1 aromatic rings. The first kappa shape index (κ1) is 15.0. The highest BCUT2D eigenvalue weighted by molar-refractivity contribution is 7.99. The monoisotopic (exact) mass is 304 g/mol. The highest BCUT2D eigenvalue weighted by Crippen LogP contribution is 2.50. The molecule has 3 rings (SSSR count). The lowest BCUT2D eigenvalue weighted by Gasteiger charge is -2.38. The molecule has 0 aromatic heterocycles. The van der Waals surface area contributed by atoms with Crippen molar-refractivity contribution in [1.82, 2.24) is 0 Å². The summed E-state index contributed by atoms with van der Waals surface area (Å²) in [4.78, 5) is 13.3. The van der Waals surface area contributed by atoms with E-state index in [4.69, 9.17) is 0 Å². The Balaban J connectivity index is 1.77. The number of thioether (sulfide) groups is 1. The maximum atomic E-state index is 12.0. The molecule has 0 radical (unpaired) electrons. The third kappa shape index (κ3) is 2.85. The number of hydrogen-bond acceptors (Lipinski definition) is 2. The zero-order chi connectivity index (χ0) is 14.9. The van der Waals surface area contributed by atoms with Crippen molar-refractivity contribution in [1.29, 1.82) is 0 Å². The van der Waals surface area contributed by atoms with Gasteiger partial charge in [0, 0.05) is 10.6 Å². The second-order valence-electron chi connectivity index (χ2n) is 6.69. The SMILES string of the molecule is CCC1CCC(CC2CSc3ccccc32)(C(=O)O)CC1. The first-order chi connectivity index (χ1) is 10.1. The van der Waals surface area contributed by atoms with Crippen molar-refractivity contribution in [2.45, 2.75) is 56.3 Å². The summed E-state index contributed by atoms with van der Waals surface area (Å²) in [7, 11) is 0. The fourth-order valence-corrected chi connectivity index (χ4v) is 5.27. The summed E-state index contributed by atoms with van der Waals surface area (Å²) in [6, 6.07) is 8.52. The summed E-state index contributed by atoms with van der Waals surface area (Å²) >= 11 is 1.89. The summed E-state index contributed by atoms with van der Waals surface area (Å²) in [5.41, 5.74) is 0.898. The van der Waals surface area contributed by atoms with Crippen LogP contribution in [0.5, 0.6) is 0 Å². The highest BCUT2D eigenvalue weighted by Gasteiger charge is 2.44. The Labute approximate surface area is 131 Å². The van der Waals surface area contributed by atoms with Gasteiger partial charge in [0.25, 0.3) is 0 Å². The molecule has 21 heavy (non-hydrogen) atoms. The van der Waals surface area contributed by atoms with Gasteiger partial charge in [0.15, 0.2) is 0 Å². The van der Waals surface area contributed by atoms with Crippen LogP contribution in [-0.4, -0.2) is 16.8 Å². The minimum absolute atomic E-state index is 0.417. The summed E-state index contributed by atoms with van der Waals surface area (Å²) in [5, 5.41) is 9.85. The third-order valence-corrected chi connectivity index (χ3v) is 6.78. The van der Waals surface area contributed by atoms with E-state index in [0.29, 0.717) is 5.92 Å². The van der Waals surface area contributed by atoms with E-state index in [1.807, 2.05) is 11.8 Å². The van der Waals surface area contributed by atoms with E-state index in [1.54, 1.807) is 0 Å². The minimum Gasteiger partial charge on any atom is -0.481 e. The van der Waals surface area contributed by atoms with Gasteiger partial charge in [-0.1, -0.05) is 31.5 Å². The van der Waals surface area contributed by atoms with Gasteiger partial charge in [-0.15, -0.1) is 11.8 Å². The van der Waals surface area contributed by atoms with E-state index >= 15 is 0 Å². The molecule has 0 spiro atoms. The Kier molecular flexibility index (Phi) is 4.30. The van der Waals surface area contributed by atoms with E-state index < -0.39 is 11.4 Å². The van der Waals surface area contributed by atoms with Crippen LogP contribution in [0.1, 0.15) is 56.9 Å². The second kappa shape index (κ2) is 6.04. The quantitative estimate of drug-likeness (QED) is 0.856. The molecule has 3 heteroatoms. The van der Waals surface area contributed by atoms with Gasteiger partial charge in [-0.25, -0.2) is 0 Å². The van der Waals surface area contributed by atoms with E-state index in [2.05, 4.69) is 31.2 Å². The Morgan fingerprint density at radius 2 is 2.05 bits per heavy atom. The summed E-state index contributed by atoms with van der Waals surface area (Å²) in [5.74, 6) is 1.64. The number of carboxylic acid groups (broad SMARTS) is 1. The summed E-state index contributed by atoms with van der Waals surface area (Å²) in [6.07, 6.45) is 5.92. The largest absolute Gasteiger partial charge is 0.481 e. The molecule has 2 aliphatic rings. The standard InChI is InChI=1S/C18H24O2S/c1-2-13-7-9-18(10-8-13,17(19)20)11-14-12-21-16-6-4-3-5-15(14)16/h3-6,13-14H,2,7-12H2,1H3,(H,19,20). The smallest absolute Gasteiger partial charge is 0.309 e. The van der Waals surface area contributed by atoms with Gasteiger partial charge in [0.1, 0.15) is 0 Å². The zero-order valence-electron chi connectivity index (χ0n) is 12.7. The maximum absolute atomic E-state index is 12.0.